The van der Waals surface area contributed by atoms with Crippen LogP contribution in [0.1, 0.15) is 27.8 Å². The average molecular weight is 426 g/mol. The van der Waals surface area contributed by atoms with Crippen LogP contribution < -0.4 is 19.5 Å². The largest absolute Gasteiger partial charge is 0.493 e. The van der Waals surface area contributed by atoms with E-state index in [4.69, 9.17) is 23.5 Å². The number of esters is 1. The number of ether oxygens (including phenoxy) is 4. The molecule has 0 radical (unpaired) electrons. The SMILES string of the molecule is COc1cc(C(=O)OC(C(=O)Nc2cc(C)on2)c2ccccc2)cc(OC)c1OC. The minimum absolute atomic E-state index is 0.125. The Balaban J connectivity index is 1.90. The smallest absolute Gasteiger partial charge is 0.339 e. The number of hydrogen-bond acceptors (Lipinski definition) is 8. The number of methoxy groups -OCH3 is 3. The molecular weight excluding hydrogens is 404 g/mol. The van der Waals surface area contributed by atoms with Crippen LogP contribution in [0, 0.1) is 6.92 Å². The van der Waals surface area contributed by atoms with E-state index in [1.165, 1.54) is 33.5 Å². The van der Waals surface area contributed by atoms with Gasteiger partial charge in [-0.05, 0) is 19.1 Å². The van der Waals surface area contributed by atoms with Crippen molar-refractivity contribution in [2.75, 3.05) is 26.6 Å². The molecule has 31 heavy (non-hydrogen) atoms. The molecule has 0 aliphatic rings. The zero-order chi connectivity index (χ0) is 22.4. The fourth-order valence-corrected chi connectivity index (χ4v) is 2.89. The van der Waals surface area contributed by atoms with Gasteiger partial charge in [0.1, 0.15) is 5.76 Å². The molecule has 9 heteroatoms. The van der Waals surface area contributed by atoms with Gasteiger partial charge >= 0.3 is 5.97 Å². The van der Waals surface area contributed by atoms with E-state index in [2.05, 4.69) is 10.5 Å². The van der Waals surface area contributed by atoms with E-state index in [-0.39, 0.29) is 22.9 Å². The summed E-state index contributed by atoms with van der Waals surface area (Å²) in [6, 6.07) is 13.1. The summed E-state index contributed by atoms with van der Waals surface area (Å²) < 4.78 is 26.4. The van der Waals surface area contributed by atoms with Crippen molar-refractivity contribution in [1.29, 1.82) is 0 Å². The lowest BCUT2D eigenvalue weighted by Gasteiger charge is -2.18. The zero-order valence-electron chi connectivity index (χ0n) is 17.5. The number of carbonyl (C=O) groups is 2. The highest BCUT2D eigenvalue weighted by atomic mass is 16.6. The monoisotopic (exact) mass is 426 g/mol. The lowest BCUT2D eigenvalue weighted by atomic mass is 10.1. The van der Waals surface area contributed by atoms with Crippen LogP contribution in [0.25, 0.3) is 0 Å². The van der Waals surface area contributed by atoms with Crippen LogP contribution in [0.4, 0.5) is 5.82 Å². The van der Waals surface area contributed by atoms with Crippen LogP contribution >= 0.6 is 0 Å². The number of nitrogens with zero attached hydrogens (tertiary/aromatic N) is 1. The summed E-state index contributed by atoms with van der Waals surface area (Å²) in [5.74, 6) is 0.314. The van der Waals surface area contributed by atoms with E-state index < -0.39 is 18.0 Å². The van der Waals surface area contributed by atoms with E-state index in [9.17, 15) is 9.59 Å². The fourth-order valence-electron chi connectivity index (χ4n) is 2.89. The molecule has 0 aliphatic carbocycles. The van der Waals surface area contributed by atoms with Crippen LogP contribution in [0.3, 0.4) is 0 Å². The Morgan fingerprint density at radius 1 is 0.968 bits per heavy atom. The van der Waals surface area contributed by atoms with E-state index in [0.717, 1.165) is 0 Å². The second kappa shape index (κ2) is 9.66. The number of anilines is 1. The first-order valence-corrected chi connectivity index (χ1v) is 9.27. The maximum atomic E-state index is 12.9. The zero-order valence-corrected chi connectivity index (χ0v) is 17.5. The normalized spacial score (nSPS) is 11.4. The summed E-state index contributed by atoms with van der Waals surface area (Å²) in [6.07, 6.45) is -1.23. The number of amides is 1. The lowest BCUT2D eigenvalue weighted by Crippen LogP contribution is -2.26. The van der Waals surface area contributed by atoms with E-state index in [0.29, 0.717) is 17.1 Å². The number of rotatable bonds is 8. The molecule has 1 N–H and O–H groups in total. The quantitative estimate of drug-likeness (QED) is 0.545. The molecule has 1 aromatic heterocycles. The molecule has 3 aromatic rings. The topological polar surface area (TPSA) is 109 Å². The molecule has 0 aliphatic heterocycles. The van der Waals surface area contributed by atoms with Crippen molar-refractivity contribution in [1.82, 2.24) is 5.16 Å². The maximum absolute atomic E-state index is 12.9. The first-order chi connectivity index (χ1) is 15.0. The highest BCUT2D eigenvalue weighted by molar-refractivity contribution is 5.98. The Morgan fingerprint density at radius 2 is 1.61 bits per heavy atom. The van der Waals surface area contributed by atoms with Gasteiger partial charge in [-0.25, -0.2) is 4.79 Å². The Bertz CT molecular complexity index is 1040. The fraction of sp³-hybridized carbons (Fsp3) is 0.227. The molecule has 162 valence electrons. The van der Waals surface area contributed by atoms with Crippen molar-refractivity contribution < 1.29 is 33.1 Å². The maximum Gasteiger partial charge on any atom is 0.339 e. The summed E-state index contributed by atoms with van der Waals surface area (Å²) >= 11 is 0. The summed E-state index contributed by atoms with van der Waals surface area (Å²) in [5, 5.41) is 6.33. The highest BCUT2D eigenvalue weighted by Gasteiger charge is 2.28. The molecule has 0 saturated heterocycles. The van der Waals surface area contributed by atoms with Gasteiger partial charge in [0, 0.05) is 11.6 Å². The second-order valence-electron chi connectivity index (χ2n) is 6.42. The predicted octanol–water partition coefficient (Wildman–Crippen LogP) is 3.55. The van der Waals surface area contributed by atoms with Crippen molar-refractivity contribution in [3.63, 3.8) is 0 Å². The molecular formula is C22H22N2O7. The van der Waals surface area contributed by atoms with Crippen LogP contribution in [0.2, 0.25) is 0 Å². The molecule has 2 aromatic carbocycles. The molecule has 0 saturated carbocycles. The third-order valence-electron chi connectivity index (χ3n) is 4.35. The molecule has 1 unspecified atom stereocenters. The first-order valence-electron chi connectivity index (χ1n) is 9.27. The molecule has 0 fully saturated rings. The lowest BCUT2D eigenvalue weighted by molar-refractivity contribution is -0.125. The summed E-state index contributed by atoms with van der Waals surface area (Å²) in [6.45, 7) is 1.70. The Hall–Kier alpha value is -4.01. The minimum Gasteiger partial charge on any atom is -0.493 e. The second-order valence-corrected chi connectivity index (χ2v) is 6.42. The number of carbonyl (C=O) groups excluding carboxylic acids is 2. The minimum atomic E-state index is -1.23. The van der Waals surface area contributed by atoms with Gasteiger partial charge in [0.15, 0.2) is 17.3 Å². The molecule has 0 bridgehead atoms. The van der Waals surface area contributed by atoms with Gasteiger partial charge in [-0.1, -0.05) is 35.5 Å². The summed E-state index contributed by atoms with van der Waals surface area (Å²) in [5.41, 5.74) is 0.613. The van der Waals surface area contributed by atoms with Crippen molar-refractivity contribution in [3.8, 4) is 17.2 Å². The average Bonchev–Trinajstić information content (AvgIpc) is 3.20. The van der Waals surface area contributed by atoms with Crippen molar-refractivity contribution in [2.24, 2.45) is 0 Å². The molecule has 0 spiro atoms. The number of nitrogens with one attached hydrogen (secondary N) is 1. The van der Waals surface area contributed by atoms with E-state index in [1.807, 2.05) is 0 Å². The Labute approximate surface area is 178 Å². The Kier molecular flexibility index (Phi) is 6.76. The number of aromatic nitrogens is 1. The molecule has 1 atom stereocenters. The van der Waals surface area contributed by atoms with Gasteiger partial charge in [0.05, 0.1) is 26.9 Å². The van der Waals surface area contributed by atoms with Gasteiger partial charge in [-0.15, -0.1) is 0 Å². The third kappa shape index (κ3) is 4.95. The van der Waals surface area contributed by atoms with Gasteiger partial charge in [-0.3, -0.25) is 4.79 Å². The summed E-state index contributed by atoms with van der Waals surface area (Å²) in [7, 11) is 4.33. The molecule has 9 nitrogen and oxygen atoms in total. The van der Waals surface area contributed by atoms with Crippen molar-refractivity contribution in [2.45, 2.75) is 13.0 Å². The number of benzene rings is 2. The number of aryl methyl sites for hydroxylation is 1. The van der Waals surface area contributed by atoms with Crippen molar-refractivity contribution in [3.05, 3.63) is 65.4 Å². The summed E-state index contributed by atoms with van der Waals surface area (Å²) in [4.78, 5) is 25.8. The Morgan fingerprint density at radius 3 is 2.13 bits per heavy atom. The van der Waals surface area contributed by atoms with E-state index >= 15 is 0 Å². The van der Waals surface area contributed by atoms with Gasteiger partial charge in [0.2, 0.25) is 11.9 Å². The highest BCUT2D eigenvalue weighted by Crippen LogP contribution is 2.38. The van der Waals surface area contributed by atoms with Crippen LogP contribution in [-0.4, -0.2) is 38.4 Å². The van der Waals surface area contributed by atoms with Gasteiger partial charge in [0.25, 0.3) is 5.91 Å². The first kappa shape index (κ1) is 21.7. The molecule has 1 heterocycles. The standard InChI is InChI=1S/C22H22N2O7/c1-13-10-18(24-31-13)23-21(25)19(14-8-6-5-7-9-14)30-22(26)15-11-16(27-2)20(29-4)17(12-15)28-3/h5-12,19H,1-4H3,(H,23,24,25). The van der Waals surface area contributed by atoms with Crippen LogP contribution in [-0.2, 0) is 9.53 Å². The van der Waals surface area contributed by atoms with Gasteiger partial charge in [-0.2, -0.15) is 0 Å². The van der Waals surface area contributed by atoms with Crippen molar-refractivity contribution >= 4 is 17.7 Å². The van der Waals surface area contributed by atoms with Gasteiger partial charge < -0.3 is 28.8 Å². The molecule has 1 amide bonds. The predicted molar refractivity (Wildman–Crippen MR) is 111 cm³/mol. The van der Waals surface area contributed by atoms with Crippen LogP contribution in [0.5, 0.6) is 17.2 Å². The van der Waals surface area contributed by atoms with Crippen LogP contribution in [0.15, 0.2) is 53.1 Å². The van der Waals surface area contributed by atoms with E-state index in [1.54, 1.807) is 43.3 Å². The number of hydrogen-bond donors (Lipinski definition) is 1. The molecule has 3 rings (SSSR count). The third-order valence-corrected chi connectivity index (χ3v) is 4.35.